The Morgan fingerprint density at radius 1 is 1.56 bits per heavy atom. The summed E-state index contributed by atoms with van der Waals surface area (Å²) in [5, 5.41) is 3.00. The summed E-state index contributed by atoms with van der Waals surface area (Å²) in [6.45, 7) is 1.36. The van der Waals surface area contributed by atoms with E-state index in [9.17, 15) is 8.42 Å². The molecular weight excluding hydrogens is 340 g/mol. The van der Waals surface area contributed by atoms with Gasteiger partial charge in [0, 0.05) is 32.1 Å². The van der Waals surface area contributed by atoms with Crippen molar-refractivity contribution in [3.8, 4) is 0 Å². The van der Waals surface area contributed by atoms with Crippen molar-refractivity contribution in [2.75, 3.05) is 34.4 Å². The Hall–Kier alpha value is 0.01000. The molecule has 1 heterocycles. The van der Waals surface area contributed by atoms with Crippen LogP contribution in [0.25, 0.3) is 0 Å². The van der Waals surface area contributed by atoms with Gasteiger partial charge in [0.2, 0.25) is 10.0 Å². The van der Waals surface area contributed by atoms with Gasteiger partial charge in [0.15, 0.2) is 0 Å². The highest BCUT2D eigenvalue weighted by Gasteiger charge is 2.25. The van der Waals surface area contributed by atoms with Crippen molar-refractivity contribution in [3.63, 3.8) is 0 Å². The van der Waals surface area contributed by atoms with Crippen LogP contribution >= 0.6 is 27.3 Å². The van der Waals surface area contributed by atoms with E-state index in [1.807, 2.05) is 7.05 Å². The minimum atomic E-state index is -3.45. The van der Waals surface area contributed by atoms with Crippen molar-refractivity contribution in [1.82, 2.24) is 9.62 Å². The zero-order valence-electron chi connectivity index (χ0n) is 10.6. The first kappa shape index (κ1) is 16.1. The molecule has 0 unspecified atom stereocenters. The van der Waals surface area contributed by atoms with E-state index in [2.05, 4.69) is 21.2 Å². The van der Waals surface area contributed by atoms with Crippen LogP contribution in [0.3, 0.4) is 0 Å². The smallest absolute Gasteiger partial charge is 0.244 e. The number of halogens is 1. The third-order valence-electron chi connectivity index (χ3n) is 2.36. The van der Waals surface area contributed by atoms with E-state index in [-0.39, 0.29) is 0 Å². The monoisotopic (exact) mass is 356 g/mol. The molecule has 0 aromatic carbocycles. The summed E-state index contributed by atoms with van der Waals surface area (Å²) in [5.74, 6) is 0. The van der Waals surface area contributed by atoms with E-state index in [4.69, 9.17) is 4.74 Å². The lowest BCUT2D eigenvalue weighted by Crippen LogP contribution is -2.30. The highest BCUT2D eigenvalue weighted by Crippen LogP contribution is 2.33. The first-order chi connectivity index (χ1) is 8.43. The Labute approximate surface area is 120 Å². The molecule has 0 aliphatic rings. The summed E-state index contributed by atoms with van der Waals surface area (Å²) in [7, 11) is 1.48. The number of nitrogens with one attached hydrogen (secondary N) is 1. The number of ether oxygens (including phenoxy) is 1. The van der Waals surface area contributed by atoms with Crippen molar-refractivity contribution < 1.29 is 13.2 Å². The topological polar surface area (TPSA) is 58.6 Å². The van der Waals surface area contributed by atoms with Crippen molar-refractivity contribution in [3.05, 3.63) is 14.7 Å². The highest BCUT2D eigenvalue weighted by atomic mass is 79.9. The number of likely N-dealkylation sites (N-methyl/N-ethyl adjacent to an activating group) is 1. The highest BCUT2D eigenvalue weighted by molar-refractivity contribution is 9.11. The molecule has 0 saturated heterocycles. The van der Waals surface area contributed by atoms with E-state index in [0.29, 0.717) is 28.4 Å². The Morgan fingerprint density at radius 3 is 2.78 bits per heavy atom. The van der Waals surface area contributed by atoms with E-state index >= 15 is 0 Å². The van der Waals surface area contributed by atoms with Crippen molar-refractivity contribution in [2.45, 2.75) is 11.4 Å². The van der Waals surface area contributed by atoms with Gasteiger partial charge in [-0.2, -0.15) is 4.31 Å². The van der Waals surface area contributed by atoms with E-state index in [0.717, 1.165) is 4.88 Å². The predicted octanol–water partition coefficient (Wildman–Crippen LogP) is 1.50. The lowest BCUT2D eigenvalue weighted by Gasteiger charge is -2.15. The molecule has 0 saturated carbocycles. The minimum Gasteiger partial charge on any atom is -0.383 e. The lowest BCUT2D eigenvalue weighted by molar-refractivity contribution is 0.185. The van der Waals surface area contributed by atoms with Crippen LogP contribution in [-0.2, 0) is 21.3 Å². The molecule has 0 radical (unpaired) electrons. The quantitative estimate of drug-likeness (QED) is 0.804. The molecule has 104 valence electrons. The summed E-state index contributed by atoms with van der Waals surface area (Å²) in [4.78, 5) is 1.29. The standard InChI is InChI=1S/C10H17BrN2O3S2/c1-12-7-8-6-9(10(11)17-8)18(14,15)13(2)4-5-16-3/h6,12H,4-5,7H2,1-3H3. The maximum Gasteiger partial charge on any atom is 0.244 e. The van der Waals surface area contributed by atoms with Gasteiger partial charge in [-0.05, 0) is 29.0 Å². The van der Waals surface area contributed by atoms with Crippen molar-refractivity contribution >= 4 is 37.3 Å². The van der Waals surface area contributed by atoms with Gasteiger partial charge in [-0.1, -0.05) is 0 Å². The van der Waals surface area contributed by atoms with Gasteiger partial charge in [-0.15, -0.1) is 11.3 Å². The number of rotatable bonds is 7. The van der Waals surface area contributed by atoms with Gasteiger partial charge in [-0.25, -0.2) is 8.42 Å². The van der Waals surface area contributed by atoms with Crippen molar-refractivity contribution in [1.29, 1.82) is 0 Å². The number of sulfonamides is 1. The fraction of sp³-hybridized carbons (Fsp3) is 0.600. The molecule has 18 heavy (non-hydrogen) atoms. The Kier molecular flexibility index (Phi) is 6.22. The molecule has 0 atom stereocenters. The number of thiophene rings is 1. The number of hydrogen-bond acceptors (Lipinski definition) is 5. The van der Waals surface area contributed by atoms with Gasteiger partial charge < -0.3 is 10.1 Å². The van der Waals surface area contributed by atoms with Crippen molar-refractivity contribution in [2.24, 2.45) is 0 Å². The molecule has 0 amide bonds. The summed E-state index contributed by atoms with van der Waals surface area (Å²) < 4.78 is 31.4. The number of nitrogens with zero attached hydrogens (tertiary/aromatic N) is 1. The molecule has 1 aromatic heterocycles. The second kappa shape index (κ2) is 6.97. The summed E-state index contributed by atoms with van der Waals surface area (Å²) in [6, 6.07) is 1.70. The van der Waals surface area contributed by atoms with E-state index < -0.39 is 10.0 Å². The third kappa shape index (κ3) is 3.75. The molecule has 8 heteroatoms. The maximum absolute atomic E-state index is 12.3. The van der Waals surface area contributed by atoms with Crippen LogP contribution in [0.1, 0.15) is 4.88 Å². The first-order valence-corrected chi connectivity index (χ1v) is 8.36. The van der Waals surface area contributed by atoms with Gasteiger partial charge in [-0.3, -0.25) is 0 Å². The lowest BCUT2D eigenvalue weighted by atomic mass is 10.5. The van der Waals surface area contributed by atoms with Crippen LogP contribution < -0.4 is 5.32 Å². The second-order valence-corrected chi connectivity index (χ2v) is 8.17. The van der Waals surface area contributed by atoms with E-state index in [1.165, 1.54) is 15.6 Å². The average Bonchev–Trinajstić information content (AvgIpc) is 2.68. The molecule has 0 spiro atoms. The van der Waals surface area contributed by atoms with Crippen LogP contribution in [0.2, 0.25) is 0 Å². The molecule has 1 aromatic rings. The summed E-state index contributed by atoms with van der Waals surface area (Å²) in [5.41, 5.74) is 0. The van der Waals surface area contributed by atoms with Crippen LogP contribution in [0.15, 0.2) is 14.7 Å². The normalized spacial score (nSPS) is 12.3. The second-order valence-electron chi connectivity index (χ2n) is 3.70. The summed E-state index contributed by atoms with van der Waals surface area (Å²) in [6.07, 6.45) is 0. The van der Waals surface area contributed by atoms with Gasteiger partial charge in [0.1, 0.15) is 4.90 Å². The zero-order chi connectivity index (χ0) is 13.8. The molecule has 0 aliphatic carbocycles. The van der Waals surface area contributed by atoms with Crippen LogP contribution in [0, 0.1) is 0 Å². The first-order valence-electron chi connectivity index (χ1n) is 5.31. The number of hydrogen-bond donors (Lipinski definition) is 1. The maximum atomic E-state index is 12.3. The zero-order valence-corrected chi connectivity index (χ0v) is 13.8. The third-order valence-corrected chi connectivity index (χ3v) is 6.46. The number of methoxy groups -OCH3 is 1. The molecule has 5 nitrogen and oxygen atoms in total. The van der Waals surface area contributed by atoms with Crippen LogP contribution in [-0.4, -0.2) is 47.1 Å². The van der Waals surface area contributed by atoms with Crippen LogP contribution in [0.5, 0.6) is 0 Å². The van der Waals surface area contributed by atoms with Gasteiger partial charge in [0.05, 0.1) is 10.4 Å². The van der Waals surface area contributed by atoms with Gasteiger partial charge >= 0.3 is 0 Å². The fourth-order valence-electron chi connectivity index (χ4n) is 1.34. The Morgan fingerprint density at radius 2 is 2.22 bits per heavy atom. The fourth-order valence-corrected chi connectivity index (χ4v) is 5.14. The van der Waals surface area contributed by atoms with Crippen LogP contribution in [0.4, 0.5) is 0 Å². The van der Waals surface area contributed by atoms with E-state index in [1.54, 1.807) is 20.2 Å². The summed E-state index contributed by atoms with van der Waals surface area (Å²) >= 11 is 4.74. The Balaban J connectivity index is 2.97. The SMILES string of the molecule is CNCc1cc(S(=O)(=O)N(C)CCOC)c(Br)s1. The molecule has 0 aliphatic heterocycles. The predicted molar refractivity (Wildman–Crippen MR) is 76.5 cm³/mol. The van der Waals surface area contributed by atoms with Gasteiger partial charge in [0.25, 0.3) is 0 Å². The largest absolute Gasteiger partial charge is 0.383 e. The Bertz CT molecular complexity index is 487. The molecule has 0 bridgehead atoms. The molecule has 0 fully saturated rings. The average molecular weight is 357 g/mol. The molecule has 1 rings (SSSR count). The molecule has 1 N–H and O–H groups in total. The molecular formula is C10H17BrN2O3S2. The minimum absolute atomic E-state index is 0.316.